The zero-order valence-corrected chi connectivity index (χ0v) is 20.8. The van der Waals surface area contributed by atoms with Crippen LogP contribution in [0.1, 0.15) is 61.3 Å². The predicted molar refractivity (Wildman–Crippen MR) is 121 cm³/mol. The molecule has 1 unspecified atom stereocenters. The van der Waals surface area contributed by atoms with Crippen LogP contribution in [0.5, 0.6) is 0 Å². The second-order valence-electron chi connectivity index (χ2n) is 8.98. The van der Waals surface area contributed by atoms with Crippen LogP contribution in [0.3, 0.4) is 0 Å². The first-order chi connectivity index (χ1) is 15.2. The summed E-state index contributed by atoms with van der Waals surface area (Å²) >= 11 is 0. The summed E-state index contributed by atoms with van der Waals surface area (Å²) in [4.78, 5) is 57.8. The third kappa shape index (κ3) is 13.2. The Hall–Kier alpha value is -3.04. The Balaban J connectivity index is 5.16. The maximum absolute atomic E-state index is 12.3. The summed E-state index contributed by atoms with van der Waals surface area (Å²) in [6.45, 7) is 19.4. The van der Waals surface area contributed by atoms with Crippen LogP contribution >= 0.6 is 0 Å². The molecule has 1 atom stereocenters. The summed E-state index contributed by atoms with van der Waals surface area (Å²) in [6, 6.07) is 0. The van der Waals surface area contributed by atoms with Gasteiger partial charge in [0.2, 0.25) is 0 Å². The van der Waals surface area contributed by atoms with Crippen LogP contribution in [0.2, 0.25) is 0 Å². The molecule has 10 nitrogen and oxygen atoms in total. The van der Waals surface area contributed by atoms with Crippen molar-refractivity contribution < 1.29 is 38.3 Å². The Morgan fingerprint density at radius 2 is 1.24 bits per heavy atom. The van der Waals surface area contributed by atoms with Crippen LogP contribution in [-0.2, 0) is 28.7 Å². The number of carbonyl (C=O) groups excluding carboxylic acids is 4. The molecule has 0 rings (SSSR count). The molecule has 0 heterocycles. The SMILES string of the molecule is C=CC(=O)ON(CCC(C)(C)CC(C)CN(OC(=O)C=C)C(=O)OC(C)C)C(=O)OC(C)C. The summed E-state index contributed by atoms with van der Waals surface area (Å²) in [5.41, 5.74) is -0.341. The molecule has 0 aliphatic heterocycles. The van der Waals surface area contributed by atoms with Crippen molar-refractivity contribution in [2.24, 2.45) is 11.3 Å². The number of amides is 2. The lowest BCUT2D eigenvalue weighted by molar-refractivity contribution is -0.180. The fourth-order valence-corrected chi connectivity index (χ4v) is 2.93. The molecule has 0 saturated carbocycles. The Bertz CT molecular complexity index is 703. The van der Waals surface area contributed by atoms with Crippen LogP contribution in [0.15, 0.2) is 25.3 Å². The number of hydrogen-bond donors (Lipinski definition) is 0. The minimum Gasteiger partial charge on any atom is -0.445 e. The molecule has 2 amide bonds. The highest BCUT2D eigenvalue weighted by Gasteiger charge is 2.29. The van der Waals surface area contributed by atoms with E-state index in [4.69, 9.17) is 19.1 Å². The van der Waals surface area contributed by atoms with Crippen molar-refractivity contribution in [2.45, 2.75) is 73.5 Å². The van der Waals surface area contributed by atoms with Crippen molar-refractivity contribution in [1.29, 1.82) is 0 Å². The molecule has 0 aliphatic carbocycles. The van der Waals surface area contributed by atoms with Crippen LogP contribution in [0.4, 0.5) is 9.59 Å². The average Bonchev–Trinajstić information content (AvgIpc) is 2.68. The second kappa shape index (κ2) is 14.2. The Morgan fingerprint density at radius 1 is 0.818 bits per heavy atom. The van der Waals surface area contributed by atoms with Crippen molar-refractivity contribution in [3.05, 3.63) is 25.3 Å². The van der Waals surface area contributed by atoms with Gasteiger partial charge >= 0.3 is 24.1 Å². The molecule has 10 heteroatoms. The molecule has 188 valence electrons. The maximum Gasteiger partial charge on any atom is 0.443 e. The van der Waals surface area contributed by atoms with Crippen molar-refractivity contribution in [3.8, 4) is 0 Å². The van der Waals surface area contributed by atoms with Crippen LogP contribution in [0, 0.1) is 11.3 Å². The molecule has 0 radical (unpaired) electrons. The van der Waals surface area contributed by atoms with Gasteiger partial charge in [-0.15, -0.1) is 10.1 Å². The lowest BCUT2D eigenvalue weighted by Gasteiger charge is -2.32. The first-order valence-electron chi connectivity index (χ1n) is 10.9. The molecule has 0 bridgehead atoms. The van der Waals surface area contributed by atoms with E-state index in [0.29, 0.717) is 12.8 Å². The van der Waals surface area contributed by atoms with E-state index in [1.807, 2.05) is 20.8 Å². The summed E-state index contributed by atoms with van der Waals surface area (Å²) in [5.74, 6) is -1.65. The third-order valence-electron chi connectivity index (χ3n) is 4.18. The van der Waals surface area contributed by atoms with E-state index >= 15 is 0 Å². The highest BCUT2D eigenvalue weighted by atomic mass is 16.8. The summed E-state index contributed by atoms with van der Waals surface area (Å²) in [7, 11) is 0. The van der Waals surface area contributed by atoms with E-state index < -0.39 is 24.1 Å². The second-order valence-corrected chi connectivity index (χ2v) is 8.98. The first-order valence-corrected chi connectivity index (χ1v) is 10.9. The van der Waals surface area contributed by atoms with Crippen molar-refractivity contribution in [2.75, 3.05) is 13.1 Å². The number of rotatable bonds is 11. The number of hydroxylamine groups is 4. The van der Waals surface area contributed by atoms with Gasteiger partial charge in [-0.2, -0.15) is 0 Å². The lowest BCUT2D eigenvalue weighted by atomic mass is 9.80. The molecule has 33 heavy (non-hydrogen) atoms. The topological polar surface area (TPSA) is 112 Å². The van der Waals surface area contributed by atoms with E-state index in [-0.39, 0.29) is 36.6 Å². The summed E-state index contributed by atoms with van der Waals surface area (Å²) in [5, 5.41) is 1.75. The van der Waals surface area contributed by atoms with Gasteiger partial charge in [-0.25, -0.2) is 19.2 Å². The van der Waals surface area contributed by atoms with Gasteiger partial charge in [0.1, 0.15) is 0 Å². The van der Waals surface area contributed by atoms with Gasteiger partial charge in [0.25, 0.3) is 0 Å². The van der Waals surface area contributed by atoms with Gasteiger partial charge < -0.3 is 19.1 Å². The van der Waals surface area contributed by atoms with Crippen molar-refractivity contribution >= 4 is 24.1 Å². The summed E-state index contributed by atoms with van der Waals surface area (Å²) < 4.78 is 10.3. The molecule has 0 aromatic heterocycles. The molecule has 0 aromatic rings. The predicted octanol–water partition coefficient (Wildman–Crippen LogP) is 4.41. The minimum absolute atomic E-state index is 0.0927. The van der Waals surface area contributed by atoms with Crippen LogP contribution < -0.4 is 0 Å². The normalized spacial score (nSPS) is 11.9. The molecule has 0 saturated heterocycles. The van der Waals surface area contributed by atoms with E-state index in [0.717, 1.165) is 22.3 Å². The van der Waals surface area contributed by atoms with E-state index in [1.165, 1.54) is 0 Å². The number of hydrogen-bond acceptors (Lipinski definition) is 8. The average molecular weight is 471 g/mol. The largest absolute Gasteiger partial charge is 0.445 e. The molecular weight excluding hydrogens is 432 g/mol. The quantitative estimate of drug-likeness (QED) is 0.322. The Labute approximate surface area is 196 Å². The monoisotopic (exact) mass is 470 g/mol. The fourth-order valence-electron chi connectivity index (χ4n) is 2.93. The number of ether oxygens (including phenoxy) is 2. The molecule has 0 aromatic carbocycles. The first kappa shape index (κ1) is 30.0. The Morgan fingerprint density at radius 3 is 1.67 bits per heavy atom. The smallest absolute Gasteiger partial charge is 0.443 e. The van der Waals surface area contributed by atoms with E-state index in [2.05, 4.69) is 13.2 Å². The zero-order valence-electron chi connectivity index (χ0n) is 20.8. The Kier molecular flexibility index (Phi) is 12.9. The van der Waals surface area contributed by atoms with Crippen molar-refractivity contribution in [1.82, 2.24) is 10.1 Å². The standard InChI is InChI=1S/C23H38N2O8/c1-10-19(26)32-24(21(28)30-16(3)4)13-12-23(8,9)14-18(7)15-25(33-20(27)11-2)22(29)31-17(5)6/h10-11,16-18H,1-2,12-15H2,3-9H3. The molecule has 0 aliphatic rings. The van der Waals surface area contributed by atoms with Crippen molar-refractivity contribution in [3.63, 3.8) is 0 Å². The summed E-state index contributed by atoms with van der Waals surface area (Å²) in [6.07, 6.45) is 0.642. The lowest BCUT2D eigenvalue weighted by Crippen LogP contribution is -2.40. The van der Waals surface area contributed by atoms with Crippen LogP contribution in [-0.4, -0.2) is 59.5 Å². The van der Waals surface area contributed by atoms with Crippen LogP contribution in [0.25, 0.3) is 0 Å². The van der Waals surface area contributed by atoms with Gasteiger partial charge in [-0.1, -0.05) is 33.9 Å². The fraction of sp³-hybridized carbons (Fsp3) is 0.652. The van der Waals surface area contributed by atoms with Gasteiger partial charge in [-0.3, -0.25) is 0 Å². The van der Waals surface area contributed by atoms with E-state index in [1.54, 1.807) is 27.7 Å². The van der Waals surface area contributed by atoms with Gasteiger partial charge in [0.15, 0.2) is 0 Å². The minimum atomic E-state index is -0.775. The molecule has 0 spiro atoms. The maximum atomic E-state index is 12.3. The number of nitrogens with zero attached hydrogens (tertiary/aromatic N) is 2. The van der Waals surface area contributed by atoms with Gasteiger partial charge in [0, 0.05) is 12.2 Å². The van der Waals surface area contributed by atoms with Gasteiger partial charge in [0.05, 0.1) is 25.3 Å². The highest BCUT2D eigenvalue weighted by molar-refractivity contribution is 5.82. The van der Waals surface area contributed by atoms with E-state index in [9.17, 15) is 19.2 Å². The molecule has 0 fully saturated rings. The zero-order chi connectivity index (χ0) is 25.8. The molecular formula is C23H38N2O8. The third-order valence-corrected chi connectivity index (χ3v) is 4.18. The highest BCUT2D eigenvalue weighted by Crippen LogP contribution is 2.30. The molecule has 0 N–H and O–H groups in total. The van der Waals surface area contributed by atoms with Gasteiger partial charge in [-0.05, 0) is 51.9 Å². The number of carbonyl (C=O) groups is 4.